The lowest BCUT2D eigenvalue weighted by molar-refractivity contribution is 0.972. The maximum atomic E-state index is 5.78. The number of nitrogen functional groups attached to an aromatic ring is 1. The van der Waals surface area contributed by atoms with Crippen LogP contribution in [-0.4, -0.2) is 24.3 Å². The first-order valence-electron chi connectivity index (χ1n) is 5.11. The van der Waals surface area contributed by atoms with Gasteiger partial charge in [-0.3, -0.25) is 0 Å². The van der Waals surface area contributed by atoms with Crippen molar-refractivity contribution < 1.29 is 0 Å². The van der Waals surface area contributed by atoms with Crippen LogP contribution >= 0.6 is 23.1 Å². The number of hydrogen-bond acceptors (Lipinski definition) is 6. The minimum absolute atomic E-state index is 0.774. The van der Waals surface area contributed by atoms with E-state index in [9.17, 15) is 0 Å². The molecule has 0 aliphatic rings. The molecule has 17 heavy (non-hydrogen) atoms. The SMILES string of the molecule is Cc1ccc(N)cc1Sc1nnc(N(C)C)s1. The van der Waals surface area contributed by atoms with Gasteiger partial charge in [0, 0.05) is 24.7 Å². The van der Waals surface area contributed by atoms with E-state index in [4.69, 9.17) is 5.73 Å². The second-order valence-corrected chi connectivity index (χ2v) is 6.12. The van der Waals surface area contributed by atoms with E-state index in [1.165, 1.54) is 5.56 Å². The molecule has 0 spiro atoms. The van der Waals surface area contributed by atoms with Crippen LogP contribution < -0.4 is 10.6 Å². The third kappa shape index (κ3) is 2.89. The van der Waals surface area contributed by atoms with Gasteiger partial charge in [-0.1, -0.05) is 29.2 Å². The summed E-state index contributed by atoms with van der Waals surface area (Å²) in [5.41, 5.74) is 7.75. The van der Waals surface area contributed by atoms with Gasteiger partial charge in [-0.15, -0.1) is 10.2 Å². The van der Waals surface area contributed by atoms with E-state index in [0.29, 0.717) is 0 Å². The van der Waals surface area contributed by atoms with Crippen molar-refractivity contribution in [1.29, 1.82) is 0 Å². The zero-order chi connectivity index (χ0) is 12.4. The van der Waals surface area contributed by atoms with Crippen LogP contribution in [0.1, 0.15) is 5.56 Å². The number of nitrogens with zero attached hydrogens (tertiary/aromatic N) is 3. The molecule has 0 fully saturated rings. The molecule has 6 heteroatoms. The standard InChI is InChI=1S/C11H14N4S2/c1-7-4-5-8(12)6-9(7)16-11-14-13-10(17-11)15(2)3/h4-6H,12H2,1-3H3. The Balaban J connectivity index is 2.22. The van der Waals surface area contributed by atoms with Crippen LogP contribution in [0.5, 0.6) is 0 Å². The number of anilines is 2. The first-order valence-corrected chi connectivity index (χ1v) is 6.74. The van der Waals surface area contributed by atoms with Crippen molar-refractivity contribution in [2.45, 2.75) is 16.2 Å². The molecule has 0 aliphatic heterocycles. The van der Waals surface area contributed by atoms with Gasteiger partial charge < -0.3 is 10.6 Å². The van der Waals surface area contributed by atoms with Crippen molar-refractivity contribution in [3.63, 3.8) is 0 Å². The molecule has 90 valence electrons. The van der Waals surface area contributed by atoms with Gasteiger partial charge in [0.25, 0.3) is 0 Å². The van der Waals surface area contributed by atoms with Crippen molar-refractivity contribution in [2.24, 2.45) is 0 Å². The Morgan fingerprint density at radius 1 is 1.29 bits per heavy atom. The van der Waals surface area contributed by atoms with E-state index in [-0.39, 0.29) is 0 Å². The van der Waals surface area contributed by atoms with Gasteiger partial charge >= 0.3 is 0 Å². The van der Waals surface area contributed by atoms with E-state index in [0.717, 1.165) is 20.1 Å². The topological polar surface area (TPSA) is 55.0 Å². The predicted octanol–water partition coefficient (Wildman–Crippen LogP) is 2.65. The zero-order valence-electron chi connectivity index (χ0n) is 9.97. The molecular weight excluding hydrogens is 252 g/mol. The molecule has 1 aromatic carbocycles. The minimum Gasteiger partial charge on any atom is -0.399 e. The smallest absolute Gasteiger partial charge is 0.208 e. The molecule has 0 saturated heterocycles. The van der Waals surface area contributed by atoms with Crippen LogP contribution in [-0.2, 0) is 0 Å². The summed E-state index contributed by atoms with van der Waals surface area (Å²) in [6, 6.07) is 5.90. The molecule has 0 bridgehead atoms. The first-order chi connectivity index (χ1) is 8.06. The second kappa shape index (κ2) is 4.93. The highest BCUT2D eigenvalue weighted by Gasteiger charge is 2.09. The number of aryl methyl sites for hydroxylation is 1. The van der Waals surface area contributed by atoms with Gasteiger partial charge in [0.2, 0.25) is 5.13 Å². The van der Waals surface area contributed by atoms with Gasteiger partial charge in [-0.05, 0) is 24.6 Å². The summed E-state index contributed by atoms with van der Waals surface area (Å²) in [5, 5.41) is 9.17. The minimum atomic E-state index is 0.774. The van der Waals surface area contributed by atoms with Crippen molar-refractivity contribution in [3.8, 4) is 0 Å². The number of rotatable bonds is 3. The molecule has 0 aliphatic carbocycles. The lowest BCUT2D eigenvalue weighted by Crippen LogP contribution is -2.07. The van der Waals surface area contributed by atoms with Crippen LogP contribution in [0.15, 0.2) is 27.4 Å². The van der Waals surface area contributed by atoms with Gasteiger partial charge in [-0.2, -0.15) is 0 Å². The fourth-order valence-corrected chi connectivity index (χ4v) is 3.10. The molecule has 2 rings (SSSR count). The summed E-state index contributed by atoms with van der Waals surface area (Å²) in [6.07, 6.45) is 0. The van der Waals surface area contributed by atoms with Crippen LogP contribution in [0.4, 0.5) is 10.8 Å². The average Bonchev–Trinajstić information content (AvgIpc) is 2.72. The lowest BCUT2D eigenvalue weighted by atomic mass is 10.2. The van der Waals surface area contributed by atoms with Crippen LogP contribution in [0.3, 0.4) is 0 Å². The quantitative estimate of drug-likeness (QED) is 0.866. The fraction of sp³-hybridized carbons (Fsp3) is 0.273. The lowest BCUT2D eigenvalue weighted by Gasteiger charge is -2.04. The fourth-order valence-electron chi connectivity index (χ4n) is 1.25. The third-order valence-corrected chi connectivity index (χ3v) is 4.49. The predicted molar refractivity (Wildman–Crippen MR) is 74.0 cm³/mol. The average molecular weight is 266 g/mol. The Bertz CT molecular complexity index is 522. The van der Waals surface area contributed by atoms with E-state index >= 15 is 0 Å². The number of aromatic nitrogens is 2. The first kappa shape index (κ1) is 12.2. The number of nitrogens with two attached hydrogens (primary N) is 1. The second-order valence-electron chi connectivity index (χ2n) is 3.87. The summed E-state index contributed by atoms with van der Waals surface area (Å²) in [7, 11) is 3.92. The van der Waals surface area contributed by atoms with Crippen molar-refractivity contribution in [1.82, 2.24) is 10.2 Å². The molecule has 0 unspecified atom stereocenters. The summed E-state index contributed by atoms with van der Waals surface area (Å²) in [5.74, 6) is 0. The van der Waals surface area contributed by atoms with Gasteiger partial charge in [-0.25, -0.2) is 0 Å². The number of benzene rings is 1. The summed E-state index contributed by atoms with van der Waals surface area (Å²) in [6.45, 7) is 2.07. The zero-order valence-corrected chi connectivity index (χ0v) is 11.6. The maximum Gasteiger partial charge on any atom is 0.208 e. The van der Waals surface area contributed by atoms with E-state index < -0.39 is 0 Å². The Hall–Kier alpha value is -1.27. The molecule has 0 amide bonds. The van der Waals surface area contributed by atoms with Crippen LogP contribution in [0, 0.1) is 6.92 Å². The van der Waals surface area contributed by atoms with E-state index in [2.05, 4.69) is 17.1 Å². The van der Waals surface area contributed by atoms with E-state index in [1.807, 2.05) is 37.2 Å². The monoisotopic (exact) mass is 266 g/mol. The molecule has 0 saturated carbocycles. The number of hydrogen-bond donors (Lipinski definition) is 1. The largest absolute Gasteiger partial charge is 0.399 e. The highest BCUT2D eigenvalue weighted by atomic mass is 32.2. The molecule has 1 heterocycles. The van der Waals surface area contributed by atoms with Crippen LogP contribution in [0.25, 0.3) is 0 Å². The summed E-state index contributed by atoms with van der Waals surface area (Å²) in [4.78, 5) is 3.08. The van der Waals surface area contributed by atoms with Crippen molar-refractivity contribution >= 4 is 33.9 Å². The van der Waals surface area contributed by atoms with Crippen LogP contribution in [0.2, 0.25) is 0 Å². The van der Waals surface area contributed by atoms with Crippen molar-refractivity contribution in [2.75, 3.05) is 24.7 Å². The normalized spacial score (nSPS) is 10.5. The molecule has 0 atom stereocenters. The third-order valence-electron chi connectivity index (χ3n) is 2.19. The Labute approximate surface area is 109 Å². The molecule has 4 nitrogen and oxygen atoms in total. The molecular formula is C11H14N4S2. The maximum absolute atomic E-state index is 5.78. The molecule has 1 aromatic heterocycles. The molecule has 2 N–H and O–H groups in total. The highest BCUT2D eigenvalue weighted by molar-refractivity contribution is 8.01. The Morgan fingerprint density at radius 2 is 2.06 bits per heavy atom. The Morgan fingerprint density at radius 3 is 2.71 bits per heavy atom. The van der Waals surface area contributed by atoms with E-state index in [1.54, 1.807) is 23.1 Å². The van der Waals surface area contributed by atoms with Crippen molar-refractivity contribution in [3.05, 3.63) is 23.8 Å². The molecule has 0 radical (unpaired) electrons. The van der Waals surface area contributed by atoms with Gasteiger partial charge in [0.15, 0.2) is 4.34 Å². The Kier molecular flexibility index (Phi) is 3.54. The summed E-state index contributed by atoms with van der Waals surface area (Å²) >= 11 is 3.18. The summed E-state index contributed by atoms with van der Waals surface area (Å²) < 4.78 is 0.933. The highest BCUT2D eigenvalue weighted by Crippen LogP contribution is 2.35. The van der Waals surface area contributed by atoms with Gasteiger partial charge in [0.1, 0.15) is 0 Å². The van der Waals surface area contributed by atoms with Gasteiger partial charge in [0.05, 0.1) is 0 Å². The molecule has 2 aromatic rings.